The van der Waals surface area contributed by atoms with Crippen LogP contribution in [0.4, 0.5) is 0 Å². The molecule has 1 N–H and O–H groups in total. The lowest BCUT2D eigenvalue weighted by atomic mass is 10.0. The molecule has 0 saturated carbocycles. The Bertz CT molecular complexity index is 958. The number of carbonyl (C=O) groups is 1. The third kappa shape index (κ3) is 1.87. The van der Waals surface area contributed by atoms with Gasteiger partial charge in [0.15, 0.2) is 17.3 Å². The van der Waals surface area contributed by atoms with Crippen LogP contribution in [0.25, 0.3) is 10.9 Å². The highest BCUT2D eigenvalue weighted by atomic mass is 16.7. The summed E-state index contributed by atoms with van der Waals surface area (Å²) in [7, 11) is 0. The Kier molecular flexibility index (Phi) is 2.72. The van der Waals surface area contributed by atoms with Crippen LogP contribution in [0.2, 0.25) is 0 Å². The van der Waals surface area contributed by atoms with Crippen LogP contribution in [-0.4, -0.2) is 17.6 Å². The van der Waals surface area contributed by atoms with E-state index in [1.54, 1.807) is 36.4 Å². The summed E-state index contributed by atoms with van der Waals surface area (Å²) in [5.41, 5.74) is 0.925. The summed E-state index contributed by atoms with van der Waals surface area (Å²) in [5.74, 6) is 0.775. The summed E-state index contributed by atoms with van der Waals surface area (Å²) in [4.78, 5) is 28.1. The van der Waals surface area contributed by atoms with Gasteiger partial charge in [0.2, 0.25) is 12.2 Å². The molecule has 0 fully saturated rings. The van der Waals surface area contributed by atoms with Gasteiger partial charge in [0.1, 0.15) is 0 Å². The molecule has 0 aliphatic carbocycles. The van der Waals surface area contributed by atoms with Crippen LogP contribution in [0, 0.1) is 0 Å². The number of benzene rings is 2. The standard InChI is InChI=1S/C17H11NO4/c19-16(10-5-6-14-15(7-10)22-9-21-14)12-8-18-13-4-2-1-3-11(13)17(12)20/h1-8H,9H2,(H,18,20). The normalized spacial score (nSPS) is 12.5. The Morgan fingerprint density at radius 1 is 1.05 bits per heavy atom. The quantitative estimate of drug-likeness (QED) is 0.737. The summed E-state index contributed by atoms with van der Waals surface area (Å²) < 4.78 is 10.5. The van der Waals surface area contributed by atoms with Crippen molar-refractivity contribution < 1.29 is 14.3 Å². The number of carbonyl (C=O) groups excluding carboxylic acids is 1. The van der Waals surface area contributed by atoms with Gasteiger partial charge in [-0.3, -0.25) is 9.59 Å². The maximum Gasteiger partial charge on any atom is 0.231 e. The van der Waals surface area contributed by atoms with Crippen LogP contribution in [0.1, 0.15) is 15.9 Å². The third-order valence-corrected chi connectivity index (χ3v) is 3.67. The van der Waals surface area contributed by atoms with Gasteiger partial charge < -0.3 is 14.5 Å². The molecule has 1 aromatic heterocycles. The minimum Gasteiger partial charge on any atom is -0.454 e. The highest BCUT2D eigenvalue weighted by Crippen LogP contribution is 2.32. The molecule has 1 aliphatic rings. The van der Waals surface area contributed by atoms with Crippen molar-refractivity contribution >= 4 is 16.7 Å². The van der Waals surface area contributed by atoms with E-state index in [1.165, 1.54) is 6.20 Å². The fourth-order valence-corrected chi connectivity index (χ4v) is 2.53. The van der Waals surface area contributed by atoms with Gasteiger partial charge in [0.05, 0.1) is 5.56 Å². The minimum absolute atomic E-state index is 0.109. The number of aromatic nitrogens is 1. The fourth-order valence-electron chi connectivity index (χ4n) is 2.53. The minimum atomic E-state index is -0.342. The number of pyridine rings is 1. The van der Waals surface area contributed by atoms with E-state index in [0.717, 1.165) is 0 Å². The van der Waals surface area contributed by atoms with Gasteiger partial charge in [0.25, 0.3) is 0 Å². The van der Waals surface area contributed by atoms with Gasteiger partial charge in [-0.15, -0.1) is 0 Å². The molecule has 0 radical (unpaired) electrons. The molecular formula is C17H11NO4. The lowest BCUT2D eigenvalue weighted by molar-refractivity contribution is 0.103. The van der Waals surface area contributed by atoms with Crippen LogP contribution in [0.15, 0.2) is 53.5 Å². The van der Waals surface area contributed by atoms with Gasteiger partial charge in [-0.05, 0) is 30.3 Å². The molecule has 0 amide bonds. The number of rotatable bonds is 2. The molecular weight excluding hydrogens is 282 g/mol. The van der Waals surface area contributed by atoms with Crippen LogP contribution in [-0.2, 0) is 0 Å². The van der Waals surface area contributed by atoms with Crippen LogP contribution in [0.5, 0.6) is 11.5 Å². The number of hydrogen-bond donors (Lipinski definition) is 1. The molecule has 0 unspecified atom stereocenters. The molecule has 22 heavy (non-hydrogen) atoms. The van der Waals surface area contributed by atoms with Gasteiger partial charge in [-0.25, -0.2) is 0 Å². The van der Waals surface area contributed by atoms with Crippen LogP contribution in [0.3, 0.4) is 0 Å². The topological polar surface area (TPSA) is 68.4 Å². The van der Waals surface area contributed by atoms with Gasteiger partial charge in [-0.2, -0.15) is 0 Å². The predicted molar refractivity (Wildman–Crippen MR) is 80.6 cm³/mol. The number of aromatic amines is 1. The Morgan fingerprint density at radius 2 is 1.86 bits per heavy atom. The summed E-state index contributed by atoms with van der Waals surface area (Å²) in [6.45, 7) is 0.142. The molecule has 1 aliphatic heterocycles. The SMILES string of the molecule is O=C(c1ccc2c(c1)OCO2)c1c[nH]c2ccccc2c1=O. The number of H-pyrrole nitrogens is 1. The predicted octanol–water partition coefficient (Wildman–Crippen LogP) is 2.49. The van der Waals surface area contributed by atoms with E-state index in [1.807, 2.05) is 6.07 Å². The number of para-hydroxylation sites is 1. The Balaban J connectivity index is 1.83. The van der Waals surface area contributed by atoms with Crippen LogP contribution < -0.4 is 14.9 Å². The van der Waals surface area contributed by atoms with Gasteiger partial charge in [0, 0.05) is 22.7 Å². The molecule has 4 rings (SSSR count). The maximum absolute atomic E-state index is 12.6. The van der Waals surface area contributed by atoms with Crippen molar-refractivity contribution in [3.8, 4) is 11.5 Å². The average Bonchev–Trinajstić information content (AvgIpc) is 3.02. The first-order valence-corrected chi connectivity index (χ1v) is 6.79. The van der Waals surface area contributed by atoms with Gasteiger partial charge in [-0.1, -0.05) is 12.1 Å². The number of nitrogens with one attached hydrogen (secondary N) is 1. The zero-order valence-electron chi connectivity index (χ0n) is 11.5. The second-order valence-corrected chi connectivity index (χ2v) is 4.97. The van der Waals surface area contributed by atoms with E-state index in [0.29, 0.717) is 28.0 Å². The van der Waals surface area contributed by atoms with Crippen molar-refractivity contribution in [1.82, 2.24) is 4.98 Å². The first-order chi connectivity index (χ1) is 10.7. The van der Waals surface area contributed by atoms with Crippen molar-refractivity contribution in [3.05, 3.63) is 70.0 Å². The van der Waals surface area contributed by atoms with E-state index < -0.39 is 0 Å². The first-order valence-electron chi connectivity index (χ1n) is 6.79. The molecule has 5 nitrogen and oxygen atoms in total. The molecule has 3 aromatic rings. The maximum atomic E-state index is 12.6. The number of hydrogen-bond acceptors (Lipinski definition) is 4. The third-order valence-electron chi connectivity index (χ3n) is 3.67. The number of ether oxygens (including phenoxy) is 2. The second kappa shape index (κ2) is 4.73. The molecule has 108 valence electrons. The Labute approximate surface area is 125 Å². The molecule has 2 heterocycles. The van der Waals surface area contributed by atoms with Gasteiger partial charge >= 0.3 is 0 Å². The zero-order valence-corrected chi connectivity index (χ0v) is 11.5. The second-order valence-electron chi connectivity index (χ2n) is 4.97. The van der Waals surface area contributed by atoms with Crippen molar-refractivity contribution in [2.24, 2.45) is 0 Å². The average molecular weight is 293 g/mol. The highest BCUT2D eigenvalue weighted by Gasteiger charge is 2.19. The highest BCUT2D eigenvalue weighted by molar-refractivity contribution is 6.10. The van der Waals surface area contributed by atoms with Crippen molar-refractivity contribution in [1.29, 1.82) is 0 Å². The lowest BCUT2D eigenvalue weighted by Crippen LogP contribution is -2.16. The molecule has 0 atom stereocenters. The van der Waals surface area contributed by atoms with E-state index in [4.69, 9.17) is 9.47 Å². The summed E-state index contributed by atoms with van der Waals surface area (Å²) in [5, 5.41) is 0.495. The molecule has 5 heteroatoms. The molecule has 0 saturated heterocycles. The Morgan fingerprint density at radius 3 is 2.77 bits per heavy atom. The summed E-state index contributed by atoms with van der Waals surface area (Å²) in [6, 6.07) is 12.0. The first kappa shape index (κ1) is 12.6. The zero-order chi connectivity index (χ0) is 15.1. The van der Waals surface area contributed by atoms with E-state index in [2.05, 4.69) is 4.98 Å². The monoisotopic (exact) mass is 293 g/mol. The lowest BCUT2D eigenvalue weighted by Gasteiger charge is -2.04. The van der Waals surface area contributed by atoms with Crippen molar-refractivity contribution in [2.75, 3.05) is 6.79 Å². The number of fused-ring (bicyclic) bond motifs is 2. The number of ketones is 1. The molecule has 0 bridgehead atoms. The summed E-state index contributed by atoms with van der Waals surface area (Å²) >= 11 is 0. The summed E-state index contributed by atoms with van der Waals surface area (Å²) in [6.07, 6.45) is 1.46. The fraction of sp³-hybridized carbons (Fsp3) is 0.0588. The van der Waals surface area contributed by atoms with E-state index in [9.17, 15) is 9.59 Å². The van der Waals surface area contributed by atoms with E-state index >= 15 is 0 Å². The van der Waals surface area contributed by atoms with E-state index in [-0.39, 0.29) is 23.6 Å². The van der Waals surface area contributed by atoms with Crippen LogP contribution >= 0.6 is 0 Å². The van der Waals surface area contributed by atoms with Crippen molar-refractivity contribution in [2.45, 2.75) is 0 Å². The van der Waals surface area contributed by atoms with Crippen molar-refractivity contribution in [3.63, 3.8) is 0 Å². The Hall–Kier alpha value is -3.08. The molecule has 0 spiro atoms. The smallest absolute Gasteiger partial charge is 0.231 e. The largest absolute Gasteiger partial charge is 0.454 e. The molecule has 2 aromatic carbocycles.